The van der Waals surface area contributed by atoms with Gasteiger partial charge in [0, 0.05) is 40.3 Å². The summed E-state index contributed by atoms with van der Waals surface area (Å²) >= 11 is 3.82. The first-order chi connectivity index (χ1) is 25.8. The van der Waals surface area contributed by atoms with Crippen LogP contribution >= 0.6 is 22.7 Å². The van der Waals surface area contributed by atoms with Crippen LogP contribution in [0, 0.1) is 0 Å². The van der Waals surface area contributed by atoms with E-state index < -0.39 is 0 Å². The number of rotatable bonds is 2. The van der Waals surface area contributed by atoms with Crippen LogP contribution < -0.4 is 0 Å². The highest BCUT2D eigenvalue weighted by Gasteiger charge is 2.20. The Morgan fingerprint density at radius 2 is 0.692 bits per heavy atom. The zero-order valence-corrected chi connectivity index (χ0v) is 29.6. The minimum atomic E-state index is 1.26. The van der Waals surface area contributed by atoms with Gasteiger partial charge in [-0.15, -0.1) is 22.7 Å². The molecule has 0 unspecified atom stereocenters. The van der Waals surface area contributed by atoms with Crippen molar-refractivity contribution in [3.05, 3.63) is 170 Å². The lowest BCUT2D eigenvalue weighted by atomic mass is 9.83. The zero-order chi connectivity index (χ0) is 33.9. The molecule has 0 amide bonds. The molecule has 2 heterocycles. The highest BCUT2D eigenvalue weighted by atomic mass is 32.1. The van der Waals surface area contributed by atoms with Crippen LogP contribution in [0.3, 0.4) is 0 Å². The Balaban J connectivity index is 1.19. The van der Waals surface area contributed by atoms with Gasteiger partial charge in [-0.2, -0.15) is 0 Å². The average Bonchev–Trinajstić information content (AvgIpc) is 3.78. The normalized spacial score (nSPS) is 12.2. The van der Waals surface area contributed by atoms with E-state index >= 15 is 0 Å². The van der Waals surface area contributed by atoms with Crippen LogP contribution in [-0.2, 0) is 0 Å². The molecular formula is C50H28S2. The third-order valence-electron chi connectivity index (χ3n) is 11.2. The van der Waals surface area contributed by atoms with Gasteiger partial charge in [-0.1, -0.05) is 146 Å². The molecule has 0 nitrogen and oxygen atoms in total. The van der Waals surface area contributed by atoms with Crippen LogP contribution in [0.4, 0.5) is 0 Å². The summed E-state index contributed by atoms with van der Waals surface area (Å²) in [6, 6.07) is 63.7. The van der Waals surface area contributed by atoms with Crippen LogP contribution in [0.1, 0.15) is 0 Å². The van der Waals surface area contributed by atoms with Crippen molar-refractivity contribution in [2.75, 3.05) is 0 Å². The number of fused-ring (bicyclic) bond motifs is 14. The first-order valence-electron chi connectivity index (χ1n) is 17.8. The lowest BCUT2D eigenvalue weighted by molar-refractivity contribution is 1.71. The quantitative estimate of drug-likeness (QED) is 0.125. The molecule has 0 aliphatic rings. The predicted molar refractivity (Wildman–Crippen MR) is 231 cm³/mol. The molecule has 12 rings (SSSR count). The molecular weight excluding hydrogens is 665 g/mol. The van der Waals surface area contributed by atoms with Crippen LogP contribution in [0.5, 0.6) is 0 Å². The molecule has 2 aromatic heterocycles. The second kappa shape index (κ2) is 10.7. The summed E-state index contributed by atoms with van der Waals surface area (Å²) in [5.41, 5.74) is 5.13. The summed E-state index contributed by atoms with van der Waals surface area (Å²) in [5, 5.41) is 18.3. The maximum Gasteiger partial charge on any atom is 0.0433 e. The Labute approximate surface area is 307 Å². The predicted octanol–water partition coefficient (Wildman–Crippen LogP) is 15.5. The minimum Gasteiger partial charge on any atom is -0.135 e. The smallest absolute Gasteiger partial charge is 0.0433 e. The summed E-state index contributed by atoms with van der Waals surface area (Å²) in [6.45, 7) is 0. The molecule has 0 spiro atoms. The van der Waals surface area contributed by atoms with Crippen LogP contribution in [-0.4, -0.2) is 0 Å². The first-order valence-corrected chi connectivity index (χ1v) is 19.5. The highest BCUT2D eigenvalue weighted by molar-refractivity contribution is 7.27. The van der Waals surface area contributed by atoms with E-state index in [-0.39, 0.29) is 0 Å². The van der Waals surface area contributed by atoms with Crippen molar-refractivity contribution in [3.8, 4) is 22.3 Å². The number of benzene rings is 10. The van der Waals surface area contributed by atoms with Gasteiger partial charge in [-0.3, -0.25) is 0 Å². The molecule has 0 aliphatic carbocycles. The lowest BCUT2D eigenvalue weighted by Gasteiger charge is -2.19. The van der Waals surface area contributed by atoms with E-state index in [0.29, 0.717) is 0 Å². The highest BCUT2D eigenvalue weighted by Crippen LogP contribution is 2.49. The number of thiophene rings is 2. The van der Waals surface area contributed by atoms with Gasteiger partial charge in [-0.25, -0.2) is 0 Å². The number of hydrogen-bond donors (Lipinski definition) is 0. The van der Waals surface area contributed by atoms with E-state index in [9.17, 15) is 0 Å². The van der Waals surface area contributed by atoms with Crippen LogP contribution in [0.15, 0.2) is 170 Å². The van der Waals surface area contributed by atoms with Gasteiger partial charge in [0.25, 0.3) is 0 Å². The standard InChI is InChI=1S/C50H28S2/c1-4-12-34-29(9-1)19-24-41-46(32-20-25-44-42(27-32)39-22-17-30-10-2-5-13-35(30)49(39)51-44)37-15-7-8-16-38(37)47(48(34)41)33-21-26-45-43(28-33)40-23-18-31-11-3-6-14-36(31)50(40)52-45/h1-28H. The van der Waals surface area contributed by atoms with E-state index in [1.165, 1.54) is 116 Å². The molecule has 240 valence electrons. The third-order valence-corrected chi connectivity index (χ3v) is 13.7. The van der Waals surface area contributed by atoms with Crippen molar-refractivity contribution < 1.29 is 0 Å². The minimum absolute atomic E-state index is 1.26. The molecule has 0 atom stereocenters. The van der Waals surface area contributed by atoms with Gasteiger partial charge in [0.1, 0.15) is 0 Å². The summed E-state index contributed by atoms with van der Waals surface area (Å²) in [7, 11) is 0. The zero-order valence-electron chi connectivity index (χ0n) is 28.0. The summed E-state index contributed by atoms with van der Waals surface area (Å²) in [6.07, 6.45) is 0. The maximum atomic E-state index is 2.46. The Kier molecular flexibility index (Phi) is 5.90. The number of hydrogen-bond acceptors (Lipinski definition) is 2. The van der Waals surface area contributed by atoms with Crippen LogP contribution in [0.2, 0.25) is 0 Å². The molecule has 0 aliphatic heterocycles. The summed E-state index contributed by atoms with van der Waals surface area (Å²) in [5.74, 6) is 0. The molecule has 0 saturated carbocycles. The molecule has 10 aromatic carbocycles. The topological polar surface area (TPSA) is 0 Å². The van der Waals surface area contributed by atoms with E-state index in [1.54, 1.807) is 0 Å². The van der Waals surface area contributed by atoms with Crippen molar-refractivity contribution in [1.82, 2.24) is 0 Å². The van der Waals surface area contributed by atoms with Gasteiger partial charge in [0.15, 0.2) is 0 Å². The fraction of sp³-hybridized carbons (Fsp3) is 0. The fourth-order valence-corrected chi connectivity index (χ4v) is 11.3. The van der Waals surface area contributed by atoms with Gasteiger partial charge in [0.2, 0.25) is 0 Å². The van der Waals surface area contributed by atoms with E-state index in [2.05, 4.69) is 170 Å². The molecule has 52 heavy (non-hydrogen) atoms. The lowest BCUT2D eigenvalue weighted by Crippen LogP contribution is -1.92. The molecule has 0 fully saturated rings. The van der Waals surface area contributed by atoms with Gasteiger partial charge < -0.3 is 0 Å². The third kappa shape index (κ3) is 3.97. The Morgan fingerprint density at radius 3 is 1.25 bits per heavy atom. The fourth-order valence-electron chi connectivity index (χ4n) is 8.88. The van der Waals surface area contributed by atoms with Gasteiger partial charge in [-0.05, 0) is 100 Å². The van der Waals surface area contributed by atoms with Crippen molar-refractivity contribution in [3.63, 3.8) is 0 Å². The van der Waals surface area contributed by atoms with Crippen molar-refractivity contribution in [1.29, 1.82) is 0 Å². The monoisotopic (exact) mass is 692 g/mol. The maximum absolute atomic E-state index is 2.46. The molecule has 0 N–H and O–H groups in total. The summed E-state index contributed by atoms with van der Waals surface area (Å²) < 4.78 is 5.39. The van der Waals surface area contributed by atoms with Crippen LogP contribution in [0.25, 0.3) is 116 Å². The van der Waals surface area contributed by atoms with Gasteiger partial charge in [0.05, 0.1) is 0 Å². The van der Waals surface area contributed by atoms with Gasteiger partial charge >= 0.3 is 0 Å². The van der Waals surface area contributed by atoms with E-state index in [1.807, 2.05) is 22.7 Å². The Bertz CT molecular complexity index is 3470. The Hall–Kier alpha value is -6.06. The van der Waals surface area contributed by atoms with Crippen molar-refractivity contribution in [2.45, 2.75) is 0 Å². The molecule has 12 aromatic rings. The Morgan fingerprint density at radius 1 is 0.269 bits per heavy atom. The second-order valence-electron chi connectivity index (χ2n) is 14.0. The second-order valence-corrected chi connectivity index (χ2v) is 16.1. The molecule has 2 heteroatoms. The van der Waals surface area contributed by atoms with E-state index in [4.69, 9.17) is 0 Å². The first kappa shape index (κ1) is 28.6. The molecule has 0 bridgehead atoms. The van der Waals surface area contributed by atoms with E-state index in [0.717, 1.165) is 0 Å². The largest absolute Gasteiger partial charge is 0.135 e. The molecule has 0 radical (unpaired) electrons. The average molecular weight is 693 g/mol. The summed E-state index contributed by atoms with van der Waals surface area (Å²) in [4.78, 5) is 0. The molecule has 0 saturated heterocycles. The van der Waals surface area contributed by atoms with Crippen molar-refractivity contribution in [2.24, 2.45) is 0 Å². The van der Waals surface area contributed by atoms with Crippen molar-refractivity contribution >= 4 is 117 Å². The SMILES string of the molecule is c1ccc2c(c1)ccc1c3cc(-c4c5ccccc5c(-c5ccc6sc7c8ccccc8ccc7c6c5)c5c4ccc4ccccc45)ccc3sc21.